The van der Waals surface area contributed by atoms with E-state index < -0.39 is 17.8 Å². The van der Waals surface area contributed by atoms with E-state index in [0.29, 0.717) is 12.2 Å². The first-order valence-corrected chi connectivity index (χ1v) is 5.35. The molecule has 1 aliphatic rings. The number of rotatable bonds is 4. The number of ketones is 1. The minimum atomic E-state index is -1.49. The fraction of sp³-hybridized carbons (Fsp3) is 0.636. The number of carbonyl (C=O) groups excluding carboxylic acids is 2. The maximum absolute atomic E-state index is 11.7. The van der Waals surface area contributed by atoms with Crippen molar-refractivity contribution in [1.82, 2.24) is 0 Å². The molecular formula is C11H17NO4. The van der Waals surface area contributed by atoms with Gasteiger partial charge >= 0.3 is 11.8 Å². The van der Waals surface area contributed by atoms with Gasteiger partial charge in [0.05, 0.1) is 0 Å². The normalized spacial score (nSPS) is 26.0. The van der Waals surface area contributed by atoms with Crippen molar-refractivity contribution >= 4 is 11.8 Å². The molecule has 90 valence electrons. The quantitative estimate of drug-likeness (QED) is 0.721. The van der Waals surface area contributed by atoms with Crippen molar-refractivity contribution in [2.75, 3.05) is 0 Å². The largest absolute Gasteiger partial charge is 0.450 e. The minimum Gasteiger partial charge on any atom is -0.450 e. The standard InChI is InChI=1S/C11H17NO4/c1-4-8(12)10(14)16-11(5-2)9(13)6-7(3)15-11/h6,8H,4-5,12H2,1-3H3. The summed E-state index contributed by atoms with van der Waals surface area (Å²) in [6.07, 6.45) is 2.05. The van der Waals surface area contributed by atoms with Crippen molar-refractivity contribution in [3.8, 4) is 0 Å². The minimum absolute atomic E-state index is 0.266. The Balaban J connectivity index is 2.77. The van der Waals surface area contributed by atoms with Gasteiger partial charge in [0.2, 0.25) is 5.78 Å². The van der Waals surface area contributed by atoms with Gasteiger partial charge in [-0.2, -0.15) is 0 Å². The Hall–Kier alpha value is -1.36. The highest BCUT2D eigenvalue weighted by molar-refractivity contribution is 5.99. The summed E-state index contributed by atoms with van der Waals surface area (Å²) < 4.78 is 10.4. The molecule has 0 aromatic rings. The SMILES string of the molecule is CCC(N)C(=O)OC1(CC)OC(C)=CC1=O. The van der Waals surface area contributed by atoms with Crippen LogP contribution < -0.4 is 5.73 Å². The Morgan fingerprint density at radius 2 is 2.25 bits per heavy atom. The van der Waals surface area contributed by atoms with Crippen LogP contribution in [0.1, 0.15) is 33.6 Å². The van der Waals surface area contributed by atoms with Crippen molar-refractivity contribution in [2.24, 2.45) is 5.73 Å². The second-order valence-electron chi connectivity index (χ2n) is 3.76. The zero-order valence-corrected chi connectivity index (χ0v) is 9.78. The fourth-order valence-corrected chi connectivity index (χ4v) is 1.43. The lowest BCUT2D eigenvalue weighted by Gasteiger charge is -2.27. The molecule has 5 heteroatoms. The third kappa shape index (κ3) is 2.24. The number of carbonyl (C=O) groups is 2. The summed E-state index contributed by atoms with van der Waals surface area (Å²) in [7, 11) is 0. The number of hydrogen-bond acceptors (Lipinski definition) is 5. The summed E-state index contributed by atoms with van der Waals surface area (Å²) in [6, 6.07) is -0.722. The molecule has 0 aromatic carbocycles. The molecule has 0 aromatic heterocycles. The third-order valence-corrected chi connectivity index (χ3v) is 2.51. The van der Waals surface area contributed by atoms with E-state index in [4.69, 9.17) is 15.2 Å². The van der Waals surface area contributed by atoms with Gasteiger partial charge < -0.3 is 15.2 Å². The molecule has 0 saturated heterocycles. The zero-order valence-electron chi connectivity index (χ0n) is 9.78. The first-order valence-electron chi connectivity index (χ1n) is 5.35. The van der Waals surface area contributed by atoms with Crippen LogP contribution in [0.25, 0.3) is 0 Å². The highest BCUT2D eigenvalue weighted by Crippen LogP contribution is 2.29. The summed E-state index contributed by atoms with van der Waals surface area (Å²) in [4.78, 5) is 23.2. The molecule has 2 unspecified atom stereocenters. The van der Waals surface area contributed by atoms with Gasteiger partial charge in [-0.05, 0) is 13.3 Å². The summed E-state index contributed by atoms with van der Waals surface area (Å²) in [5.74, 6) is -2.00. The molecule has 2 N–H and O–H groups in total. The molecule has 0 spiro atoms. The summed E-state index contributed by atoms with van der Waals surface area (Å²) in [5, 5.41) is 0. The Labute approximate surface area is 94.6 Å². The predicted molar refractivity (Wildman–Crippen MR) is 57.2 cm³/mol. The van der Waals surface area contributed by atoms with Crippen LogP contribution in [-0.2, 0) is 19.1 Å². The van der Waals surface area contributed by atoms with E-state index in [1.807, 2.05) is 0 Å². The maximum atomic E-state index is 11.7. The lowest BCUT2D eigenvalue weighted by Crippen LogP contribution is -2.45. The lowest BCUT2D eigenvalue weighted by atomic mass is 10.1. The Morgan fingerprint density at radius 3 is 2.62 bits per heavy atom. The molecule has 0 bridgehead atoms. The van der Waals surface area contributed by atoms with Gasteiger partial charge in [0.15, 0.2) is 0 Å². The predicted octanol–water partition coefficient (Wildman–Crippen LogP) is 0.876. The molecule has 0 saturated carbocycles. The van der Waals surface area contributed by atoms with Gasteiger partial charge in [0.25, 0.3) is 0 Å². The van der Waals surface area contributed by atoms with E-state index in [0.717, 1.165) is 0 Å². The van der Waals surface area contributed by atoms with E-state index in [9.17, 15) is 9.59 Å². The van der Waals surface area contributed by atoms with Crippen LogP contribution in [0, 0.1) is 0 Å². The fourth-order valence-electron chi connectivity index (χ4n) is 1.43. The van der Waals surface area contributed by atoms with Gasteiger partial charge in [-0.25, -0.2) is 0 Å². The molecule has 1 aliphatic heterocycles. The molecule has 16 heavy (non-hydrogen) atoms. The smallest absolute Gasteiger partial charge is 0.326 e. The van der Waals surface area contributed by atoms with E-state index in [-0.39, 0.29) is 12.2 Å². The van der Waals surface area contributed by atoms with Crippen LogP contribution in [0.15, 0.2) is 11.8 Å². The topological polar surface area (TPSA) is 78.6 Å². The van der Waals surface area contributed by atoms with Crippen molar-refractivity contribution < 1.29 is 19.1 Å². The van der Waals surface area contributed by atoms with Crippen LogP contribution in [-0.4, -0.2) is 23.6 Å². The van der Waals surface area contributed by atoms with Crippen LogP contribution in [0.5, 0.6) is 0 Å². The first-order chi connectivity index (χ1) is 7.45. The summed E-state index contributed by atoms with van der Waals surface area (Å²) in [5.41, 5.74) is 5.53. The highest BCUT2D eigenvalue weighted by atomic mass is 16.7. The number of nitrogens with two attached hydrogens (primary N) is 1. The number of allylic oxidation sites excluding steroid dienone is 1. The second-order valence-corrected chi connectivity index (χ2v) is 3.76. The molecular weight excluding hydrogens is 210 g/mol. The van der Waals surface area contributed by atoms with Crippen molar-refractivity contribution in [3.63, 3.8) is 0 Å². The van der Waals surface area contributed by atoms with Gasteiger partial charge in [-0.3, -0.25) is 9.59 Å². The van der Waals surface area contributed by atoms with Crippen LogP contribution in [0.2, 0.25) is 0 Å². The van der Waals surface area contributed by atoms with Crippen LogP contribution >= 0.6 is 0 Å². The number of esters is 1. The third-order valence-electron chi connectivity index (χ3n) is 2.51. The van der Waals surface area contributed by atoms with Gasteiger partial charge in [-0.15, -0.1) is 0 Å². The number of ether oxygens (including phenoxy) is 2. The molecule has 1 rings (SSSR count). The maximum Gasteiger partial charge on any atom is 0.326 e. The lowest BCUT2D eigenvalue weighted by molar-refractivity contribution is -0.209. The molecule has 0 aliphatic carbocycles. The molecule has 1 heterocycles. The monoisotopic (exact) mass is 227 g/mol. The van der Waals surface area contributed by atoms with E-state index in [2.05, 4.69) is 0 Å². The number of hydrogen-bond donors (Lipinski definition) is 1. The van der Waals surface area contributed by atoms with Crippen LogP contribution in [0.3, 0.4) is 0 Å². The van der Waals surface area contributed by atoms with E-state index in [1.54, 1.807) is 20.8 Å². The Morgan fingerprint density at radius 1 is 1.62 bits per heavy atom. The summed E-state index contributed by atoms with van der Waals surface area (Å²) in [6.45, 7) is 5.13. The summed E-state index contributed by atoms with van der Waals surface area (Å²) >= 11 is 0. The van der Waals surface area contributed by atoms with Gasteiger partial charge in [-0.1, -0.05) is 13.8 Å². The van der Waals surface area contributed by atoms with Gasteiger partial charge in [0, 0.05) is 12.5 Å². The molecule has 0 radical (unpaired) electrons. The molecule has 0 amide bonds. The van der Waals surface area contributed by atoms with Crippen molar-refractivity contribution in [1.29, 1.82) is 0 Å². The van der Waals surface area contributed by atoms with E-state index in [1.165, 1.54) is 6.08 Å². The Kier molecular flexibility index (Phi) is 3.70. The molecule has 0 fully saturated rings. The zero-order chi connectivity index (χ0) is 12.3. The second kappa shape index (κ2) is 4.65. The van der Waals surface area contributed by atoms with E-state index >= 15 is 0 Å². The van der Waals surface area contributed by atoms with Gasteiger partial charge in [0.1, 0.15) is 11.8 Å². The average molecular weight is 227 g/mol. The average Bonchev–Trinajstić information content (AvgIpc) is 2.53. The van der Waals surface area contributed by atoms with Crippen molar-refractivity contribution in [3.05, 3.63) is 11.8 Å². The Bertz CT molecular complexity index is 337. The van der Waals surface area contributed by atoms with Crippen LogP contribution in [0.4, 0.5) is 0 Å². The molecule has 2 atom stereocenters. The first kappa shape index (κ1) is 12.7. The molecule has 5 nitrogen and oxygen atoms in total. The van der Waals surface area contributed by atoms with Crippen molar-refractivity contribution in [2.45, 2.75) is 45.4 Å². The highest BCUT2D eigenvalue weighted by Gasteiger charge is 2.46.